The fourth-order valence-corrected chi connectivity index (χ4v) is 11.5. The van der Waals surface area contributed by atoms with Crippen LogP contribution in [0.3, 0.4) is 0 Å². The fourth-order valence-electron chi connectivity index (χ4n) is 11.5. The minimum absolute atomic E-state index is 0.0177. The highest BCUT2D eigenvalue weighted by Crippen LogP contribution is 2.66. The van der Waals surface area contributed by atoms with Crippen LogP contribution in [-0.2, 0) is 47.0 Å². The first-order valence-electron chi connectivity index (χ1n) is 24.5. The van der Waals surface area contributed by atoms with Gasteiger partial charge in [0.15, 0.2) is 11.5 Å². The number of carbonyl (C=O) groups is 4. The summed E-state index contributed by atoms with van der Waals surface area (Å²) in [7, 11) is 4.61. The van der Waals surface area contributed by atoms with E-state index in [0.717, 1.165) is 52.8 Å². The van der Waals surface area contributed by atoms with E-state index >= 15 is 14.4 Å². The summed E-state index contributed by atoms with van der Waals surface area (Å²) in [6, 6.07) is 31.9. The molecule has 0 aromatic heterocycles. The number of anilines is 1. The smallest absolute Gasteiger partial charge is 0.421 e. The second-order valence-corrected chi connectivity index (χ2v) is 18.6. The molecular formula is C58H57N3O11. The normalized spacial score (nSPS) is 23.2. The number of amides is 3. The van der Waals surface area contributed by atoms with Crippen molar-refractivity contribution in [3.63, 3.8) is 0 Å². The molecule has 10 rings (SSSR count). The molecule has 6 atom stereocenters. The molecule has 5 aromatic carbocycles. The zero-order valence-electron chi connectivity index (χ0n) is 40.6. The van der Waals surface area contributed by atoms with Gasteiger partial charge in [-0.2, -0.15) is 0 Å². The molecule has 0 bridgehead atoms. The van der Waals surface area contributed by atoms with E-state index in [-0.39, 0.29) is 45.2 Å². The zero-order valence-corrected chi connectivity index (χ0v) is 40.6. The molecule has 72 heavy (non-hydrogen) atoms. The monoisotopic (exact) mass is 971 g/mol. The number of fused-ring (bicyclic) bond motifs is 4. The average molecular weight is 972 g/mol. The van der Waals surface area contributed by atoms with E-state index in [1.54, 1.807) is 49.5 Å². The maximum Gasteiger partial charge on any atom is 0.421 e. The average Bonchev–Trinajstić information content (AvgIpc) is 3.88. The molecule has 5 aromatic rings. The molecule has 1 N–H and O–H groups in total. The van der Waals surface area contributed by atoms with Crippen molar-refractivity contribution in [1.29, 1.82) is 0 Å². The molecule has 1 spiro atoms. The zero-order chi connectivity index (χ0) is 49.9. The summed E-state index contributed by atoms with van der Waals surface area (Å²) in [5.74, 6) is 4.72. The van der Waals surface area contributed by atoms with Gasteiger partial charge in [0.05, 0.1) is 51.1 Å². The van der Waals surface area contributed by atoms with Gasteiger partial charge in [-0.25, -0.2) is 9.69 Å². The number of carbonyl (C=O) groups excluding carboxylic acids is 4. The van der Waals surface area contributed by atoms with Crippen LogP contribution in [0.5, 0.6) is 17.2 Å². The van der Waals surface area contributed by atoms with Gasteiger partial charge in [-0.15, -0.1) is 0 Å². The highest BCUT2D eigenvalue weighted by Gasteiger charge is 2.76. The van der Waals surface area contributed by atoms with Gasteiger partial charge in [0.2, 0.25) is 11.8 Å². The van der Waals surface area contributed by atoms with Crippen LogP contribution >= 0.6 is 0 Å². The number of ether oxygens (including phenoxy) is 6. The number of esters is 1. The van der Waals surface area contributed by atoms with E-state index < -0.39 is 59.4 Å². The highest BCUT2D eigenvalue weighted by atomic mass is 16.6. The summed E-state index contributed by atoms with van der Waals surface area (Å²) in [6.45, 7) is -0.00672. The predicted molar refractivity (Wildman–Crippen MR) is 266 cm³/mol. The minimum atomic E-state index is -2.04. The molecule has 4 heterocycles. The molecule has 0 saturated carbocycles. The van der Waals surface area contributed by atoms with E-state index in [2.05, 4.69) is 17.9 Å². The Kier molecular flexibility index (Phi) is 13.9. The van der Waals surface area contributed by atoms with Gasteiger partial charge in [-0.05, 0) is 114 Å². The number of methoxy groups -OCH3 is 3. The van der Waals surface area contributed by atoms with Crippen molar-refractivity contribution >= 4 is 29.6 Å². The Labute approximate surface area is 419 Å². The Bertz CT molecular complexity index is 2970. The van der Waals surface area contributed by atoms with E-state index in [4.69, 9.17) is 28.4 Å². The standard InChI is InChI=1S/C58H57N3O11/c1-67-30-31-71-57(66)60-46-25-24-38(23-22-37-14-7-4-8-15-37)32-45(46)58(56(60)65)49(54(63)59-27-26-41-34-47(68-2)48(69-3)35-43(41)36-59)51-55(64)72-52(40-18-11-6-12-19-40)50(39-16-9-5-10-17-39)61(51)53(58)42-20-13-21-44(33-42)70-29-28-62/h5-6,9-14,16-21,24-25,32-35,49-53,62H,4,7-8,15,26-31,36H2,1-3H3. The lowest BCUT2D eigenvalue weighted by Crippen LogP contribution is -2.57. The van der Waals surface area contributed by atoms with Crippen LogP contribution in [0, 0.1) is 17.8 Å². The number of rotatable bonds is 12. The number of aliphatic hydroxyl groups excluding tert-OH is 1. The molecule has 14 heteroatoms. The molecule has 0 radical (unpaired) electrons. The van der Waals surface area contributed by atoms with Gasteiger partial charge >= 0.3 is 12.1 Å². The number of morpholine rings is 1. The summed E-state index contributed by atoms with van der Waals surface area (Å²) >= 11 is 0. The van der Waals surface area contributed by atoms with Crippen molar-refractivity contribution in [2.45, 2.75) is 68.3 Å². The number of imide groups is 1. The lowest BCUT2D eigenvalue weighted by molar-refractivity contribution is -0.179. The predicted octanol–water partition coefficient (Wildman–Crippen LogP) is 7.96. The maximum absolute atomic E-state index is 16.7. The van der Waals surface area contributed by atoms with Crippen LogP contribution in [0.15, 0.2) is 127 Å². The van der Waals surface area contributed by atoms with Crippen LogP contribution in [0.4, 0.5) is 10.5 Å². The molecule has 6 unspecified atom stereocenters. The molecule has 14 nitrogen and oxygen atoms in total. The molecule has 3 amide bonds. The summed E-state index contributed by atoms with van der Waals surface area (Å²) in [6.07, 6.45) is 4.59. The number of nitrogens with zero attached hydrogens (tertiary/aromatic N) is 3. The summed E-state index contributed by atoms with van der Waals surface area (Å²) in [5.41, 5.74) is 3.82. The molecule has 370 valence electrons. The van der Waals surface area contributed by atoms with Gasteiger partial charge in [0.1, 0.15) is 36.5 Å². The SMILES string of the molecule is COCCOC(=O)N1C(=O)C2(c3cc(C#CC4=CCCCC4)ccc31)C(C(=O)N1CCc3cc(OC)c(OC)cc3C1)C1C(=O)OC(c3ccccc3)C(c3ccccc3)N1C2c1cccc(OCCO)c1. The topological polar surface area (TPSA) is 154 Å². The third-order valence-corrected chi connectivity index (χ3v) is 14.6. The Hall–Kier alpha value is -7.44. The van der Waals surface area contributed by atoms with Crippen LogP contribution in [0.2, 0.25) is 0 Å². The Morgan fingerprint density at radius 3 is 2.21 bits per heavy atom. The Morgan fingerprint density at radius 2 is 1.50 bits per heavy atom. The number of allylic oxidation sites excluding steroid dienone is 2. The molecule has 4 aliphatic heterocycles. The summed E-state index contributed by atoms with van der Waals surface area (Å²) < 4.78 is 35.2. The second kappa shape index (κ2) is 20.7. The van der Waals surface area contributed by atoms with E-state index in [0.29, 0.717) is 45.9 Å². The Morgan fingerprint density at radius 1 is 0.764 bits per heavy atom. The van der Waals surface area contributed by atoms with Gasteiger partial charge in [0, 0.05) is 25.8 Å². The number of cyclic esters (lactones) is 1. The molecule has 2 fully saturated rings. The van der Waals surface area contributed by atoms with Crippen LogP contribution in [0.1, 0.15) is 82.8 Å². The summed E-state index contributed by atoms with van der Waals surface area (Å²) in [5, 5.41) is 9.89. The van der Waals surface area contributed by atoms with E-state index in [1.165, 1.54) is 7.11 Å². The quantitative estimate of drug-likeness (QED) is 0.0734. The van der Waals surface area contributed by atoms with Crippen molar-refractivity contribution in [2.24, 2.45) is 5.92 Å². The first-order chi connectivity index (χ1) is 35.2. The summed E-state index contributed by atoms with van der Waals surface area (Å²) in [4.78, 5) is 68.4. The van der Waals surface area contributed by atoms with Gasteiger partial charge in [0.25, 0.3) is 0 Å². The van der Waals surface area contributed by atoms with E-state index in [1.807, 2.05) is 89.8 Å². The fraction of sp³-hybridized carbons (Fsp3) is 0.345. The minimum Gasteiger partial charge on any atom is -0.493 e. The van der Waals surface area contributed by atoms with Crippen molar-refractivity contribution in [3.05, 3.63) is 166 Å². The number of aliphatic hydroxyl groups is 1. The van der Waals surface area contributed by atoms with E-state index in [9.17, 15) is 9.90 Å². The van der Waals surface area contributed by atoms with Crippen molar-refractivity contribution in [1.82, 2.24) is 9.80 Å². The number of hydrogen-bond donors (Lipinski definition) is 1. The van der Waals surface area contributed by atoms with Gasteiger partial charge < -0.3 is 38.4 Å². The molecule has 1 aliphatic carbocycles. The largest absolute Gasteiger partial charge is 0.493 e. The van der Waals surface area contributed by atoms with Gasteiger partial charge in [-0.1, -0.05) is 90.7 Å². The first-order valence-corrected chi connectivity index (χ1v) is 24.5. The lowest BCUT2D eigenvalue weighted by Gasteiger charge is -2.46. The molecular weight excluding hydrogens is 915 g/mol. The maximum atomic E-state index is 16.7. The molecule has 5 aliphatic rings. The van der Waals surface area contributed by atoms with Crippen molar-refractivity contribution in [2.75, 3.05) is 59.2 Å². The van der Waals surface area contributed by atoms with Crippen molar-refractivity contribution < 1.29 is 52.7 Å². The highest BCUT2D eigenvalue weighted by molar-refractivity contribution is 6.23. The lowest BCUT2D eigenvalue weighted by atomic mass is 9.64. The first kappa shape index (κ1) is 48.2. The number of hydrogen-bond acceptors (Lipinski definition) is 12. The van der Waals surface area contributed by atoms with Gasteiger partial charge in [-0.3, -0.25) is 19.3 Å². The number of benzene rings is 5. The van der Waals surface area contributed by atoms with Crippen LogP contribution in [-0.4, -0.2) is 99.1 Å². The third kappa shape index (κ3) is 8.55. The second-order valence-electron chi connectivity index (χ2n) is 18.6. The van der Waals surface area contributed by atoms with Crippen molar-refractivity contribution in [3.8, 4) is 29.1 Å². The van der Waals surface area contributed by atoms with Crippen LogP contribution in [0.25, 0.3) is 0 Å². The van der Waals surface area contributed by atoms with Crippen LogP contribution < -0.4 is 19.1 Å². The Balaban J connectivity index is 1.27. The molecule has 2 saturated heterocycles. The third-order valence-electron chi connectivity index (χ3n) is 14.6.